The van der Waals surface area contributed by atoms with E-state index in [0.29, 0.717) is 5.56 Å². The SMILES string of the molecule is CNC(CCC(C)(C)C)c1cccc(F)c1F. The zero-order valence-corrected chi connectivity index (χ0v) is 11.0. The molecular formula is C14H21F2N. The minimum atomic E-state index is -0.779. The molecule has 1 atom stereocenters. The van der Waals surface area contributed by atoms with Crippen molar-refractivity contribution in [3.8, 4) is 0 Å². The molecule has 3 heteroatoms. The van der Waals surface area contributed by atoms with Crippen LogP contribution in [0, 0.1) is 17.0 Å². The van der Waals surface area contributed by atoms with Gasteiger partial charge in [-0.2, -0.15) is 0 Å². The van der Waals surface area contributed by atoms with E-state index in [1.807, 2.05) is 0 Å². The van der Waals surface area contributed by atoms with Crippen LogP contribution < -0.4 is 5.32 Å². The minimum Gasteiger partial charge on any atom is -0.313 e. The molecule has 1 rings (SSSR count). The summed E-state index contributed by atoms with van der Waals surface area (Å²) in [5, 5.41) is 3.05. The van der Waals surface area contributed by atoms with Gasteiger partial charge in [0.1, 0.15) is 0 Å². The van der Waals surface area contributed by atoms with Gasteiger partial charge in [0.25, 0.3) is 0 Å². The first-order valence-corrected chi connectivity index (χ1v) is 5.96. The molecule has 1 aromatic carbocycles. The van der Waals surface area contributed by atoms with Crippen molar-refractivity contribution in [3.63, 3.8) is 0 Å². The van der Waals surface area contributed by atoms with Crippen molar-refractivity contribution in [2.75, 3.05) is 7.05 Å². The summed E-state index contributed by atoms with van der Waals surface area (Å²) in [7, 11) is 1.78. The number of benzene rings is 1. The third kappa shape index (κ3) is 4.08. The Bertz CT molecular complexity index is 369. The Balaban J connectivity index is 2.83. The van der Waals surface area contributed by atoms with Gasteiger partial charge in [-0.05, 0) is 31.4 Å². The first-order valence-electron chi connectivity index (χ1n) is 5.96. The first kappa shape index (κ1) is 14.1. The van der Waals surface area contributed by atoms with Gasteiger partial charge in [-0.3, -0.25) is 0 Å². The highest BCUT2D eigenvalue weighted by Crippen LogP contribution is 2.28. The summed E-state index contributed by atoms with van der Waals surface area (Å²) in [5.74, 6) is -1.51. The Hall–Kier alpha value is -0.960. The standard InChI is InChI=1S/C14H21F2N/c1-14(2,3)9-8-12(17-4)10-6-5-7-11(15)13(10)16/h5-7,12,17H,8-9H2,1-4H3. The van der Waals surface area contributed by atoms with Gasteiger partial charge in [-0.15, -0.1) is 0 Å². The molecule has 1 aromatic rings. The Morgan fingerprint density at radius 3 is 2.41 bits per heavy atom. The smallest absolute Gasteiger partial charge is 0.163 e. The van der Waals surface area contributed by atoms with Crippen LogP contribution in [-0.4, -0.2) is 7.05 Å². The highest BCUT2D eigenvalue weighted by molar-refractivity contribution is 5.22. The number of rotatable bonds is 4. The lowest BCUT2D eigenvalue weighted by Crippen LogP contribution is -2.20. The molecule has 0 fully saturated rings. The third-order valence-corrected chi connectivity index (χ3v) is 2.89. The van der Waals surface area contributed by atoms with Crippen LogP contribution in [0.25, 0.3) is 0 Å². The lowest BCUT2D eigenvalue weighted by Gasteiger charge is -2.23. The maximum absolute atomic E-state index is 13.6. The molecule has 0 spiro atoms. The summed E-state index contributed by atoms with van der Waals surface area (Å²) in [4.78, 5) is 0. The second-order valence-corrected chi connectivity index (χ2v) is 5.58. The van der Waals surface area contributed by atoms with Crippen molar-refractivity contribution >= 4 is 0 Å². The number of nitrogens with one attached hydrogen (secondary N) is 1. The quantitative estimate of drug-likeness (QED) is 0.838. The van der Waals surface area contributed by atoms with Gasteiger partial charge in [0.05, 0.1) is 0 Å². The van der Waals surface area contributed by atoms with E-state index < -0.39 is 11.6 Å². The minimum absolute atomic E-state index is 0.134. The molecule has 96 valence electrons. The van der Waals surface area contributed by atoms with Crippen molar-refractivity contribution < 1.29 is 8.78 Å². The van der Waals surface area contributed by atoms with E-state index in [0.717, 1.165) is 18.9 Å². The molecule has 1 nitrogen and oxygen atoms in total. The van der Waals surface area contributed by atoms with Crippen LogP contribution in [0.3, 0.4) is 0 Å². The Kier molecular flexibility index (Phi) is 4.63. The molecule has 1 unspecified atom stereocenters. The highest BCUT2D eigenvalue weighted by Gasteiger charge is 2.19. The van der Waals surface area contributed by atoms with Gasteiger partial charge in [0.15, 0.2) is 11.6 Å². The first-order chi connectivity index (χ1) is 7.85. The number of halogens is 2. The van der Waals surface area contributed by atoms with E-state index in [-0.39, 0.29) is 11.5 Å². The van der Waals surface area contributed by atoms with Crippen molar-refractivity contribution in [2.45, 2.75) is 39.7 Å². The molecule has 0 saturated heterocycles. The summed E-state index contributed by atoms with van der Waals surface area (Å²) in [6, 6.07) is 4.21. The number of hydrogen-bond donors (Lipinski definition) is 1. The van der Waals surface area contributed by atoms with E-state index in [2.05, 4.69) is 26.1 Å². The summed E-state index contributed by atoms with van der Waals surface area (Å²) >= 11 is 0. The molecule has 0 aliphatic rings. The van der Waals surface area contributed by atoms with Gasteiger partial charge in [0.2, 0.25) is 0 Å². The highest BCUT2D eigenvalue weighted by atomic mass is 19.2. The largest absolute Gasteiger partial charge is 0.313 e. The maximum Gasteiger partial charge on any atom is 0.163 e. The molecule has 1 N–H and O–H groups in total. The number of hydrogen-bond acceptors (Lipinski definition) is 1. The fourth-order valence-corrected chi connectivity index (χ4v) is 1.82. The van der Waals surface area contributed by atoms with Gasteiger partial charge in [-0.1, -0.05) is 32.9 Å². The van der Waals surface area contributed by atoms with Gasteiger partial charge in [0, 0.05) is 11.6 Å². The lowest BCUT2D eigenvalue weighted by atomic mass is 9.87. The van der Waals surface area contributed by atoms with E-state index >= 15 is 0 Å². The Morgan fingerprint density at radius 1 is 1.24 bits per heavy atom. The monoisotopic (exact) mass is 241 g/mol. The fourth-order valence-electron chi connectivity index (χ4n) is 1.82. The lowest BCUT2D eigenvalue weighted by molar-refractivity contribution is 0.333. The molecule has 0 aromatic heterocycles. The predicted octanol–water partition coefficient (Wildman–Crippen LogP) is 4.05. The second-order valence-electron chi connectivity index (χ2n) is 5.58. The zero-order chi connectivity index (χ0) is 13.1. The summed E-state index contributed by atoms with van der Waals surface area (Å²) < 4.78 is 26.8. The Morgan fingerprint density at radius 2 is 1.88 bits per heavy atom. The van der Waals surface area contributed by atoms with Crippen molar-refractivity contribution in [3.05, 3.63) is 35.4 Å². The van der Waals surface area contributed by atoms with Crippen LogP contribution in [0.2, 0.25) is 0 Å². The van der Waals surface area contributed by atoms with Crippen LogP contribution in [0.4, 0.5) is 8.78 Å². The molecule has 0 saturated carbocycles. The van der Waals surface area contributed by atoms with E-state index in [1.54, 1.807) is 19.2 Å². The summed E-state index contributed by atoms with van der Waals surface area (Å²) in [6.07, 6.45) is 1.74. The van der Waals surface area contributed by atoms with Crippen LogP contribution in [-0.2, 0) is 0 Å². The molecular weight excluding hydrogens is 220 g/mol. The average Bonchev–Trinajstić information content (AvgIpc) is 2.23. The third-order valence-electron chi connectivity index (χ3n) is 2.89. The molecule has 0 radical (unpaired) electrons. The summed E-state index contributed by atoms with van der Waals surface area (Å²) in [6.45, 7) is 6.42. The van der Waals surface area contributed by atoms with Gasteiger partial charge >= 0.3 is 0 Å². The fraction of sp³-hybridized carbons (Fsp3) is 0.571. The van der Waals surface area contributed by atoms with E-state index in [4.69, 9.17) is 0 Å². The van der Waals surface area contributed by atoms with Crippen LogP contribution in [0.5, 0.6) is 0 Å². The molecule has 0 bridgehead atoms. The van der Waals surface area contributed by atoms with Gasteiger partial charge in [-0.25, -0.2) is 8.78 Å². The molecule has 17 heavy (non-hydrogen) atoms. The van der Waals surface area contributed by atoms with Gasteiger partial charge < -0.3 is 5.32 Å². The molecule has 0 heterocycles. The summed E-state index contributed by atoms with van der Waals surface area (Å²) in [5.41, 5.74) is 0.607. The van der Waals surface area contributed by atoms with Crippen LogP contribution in [0.1, 0.15) is 45.2 Å². The Labute approximate surface area is 102 Å². The van der Waals surface area contributed by atoms with Crippen molar-refractivity contribution in [1.29, 1.82) is 0 Å². The molecule has 0 amide bonds. The van der Waals surface area contributed by atoms with Crippen molar-refractivity contribution in [1.82, 2.24) is 5.32 Å². The predicted molar refractivity (Wildman–Crippen MR) is 66.8 cm³/mol. The second kappa shape index (κ2) is 5.58. The van der Waals surface area contributed by atoms with Crippen LogP contribution >= 0.6 is 0 Å². The average molecular weight is 241 g/mol. The van der Waals surface area contributed by atoms with Crippen molar-refractivity contribution in [2.24, 2.45) is 5.41 Å². The zero-order valence-electron chi connectivity index (χ0n) is 11.0. The maximum atomic E-state index is 13.6. The van der Waals surface area contributed by atoms with E-state index in [1.165, 1.54) is 0 Å². The van der Waals surface area contributed by atoms with E-state index in [9.17, 15) is 8.78 Å². The topological polar surface area (TPSA) is 12.0 Å². The molecule has 0 aliphatic heterocycles. The van der Waals surface area contributed by atoms with Crippen LogP contribution in [0.15, 0.2) is 18.2 Å². The normalized spacial score (nSPS) is 13.8. The molecule has 0 aliphatic carbocycles.